The first-order valence-electron chi connectivity index (χ1n) is 32.5. The monoisotopic (exact) mass is 1120 g/mol. The number of benzene rings is 1. The molecule has 0 N–H and O–H groups in total. The lowest BCUT2D eigenvalue weighted by atomic mass is 9.87. The fourth-order valence-electron chi connectivity index (χ4n) is 12.6. The van der Waals surface area contributed by atoms with Crippen LogP contribution in [0.25, 0.3) is 42.4 Å². The summed E-state index contributed by atoms with van der Waals surface area (Å²) in [6.07, 6.45) is 47.5. The minimum atomic E-state index is -0.777. The highest BCUT2D eigenvalue weighted by atomic mass is 32.1. The van der Waals surface area contributed by atoms with Crippen LogP contribution in [0.3, 0.4) is 0 Å². The Morgan fingerprint density at radius 3 is 1.38 bits per heavy atom. The zero-order valence-corrected chi connectivity index (χ0v) is 53.4. The molecule has 6 rings (SSSR count). The van der Waals surface area contributed by atoms with Crippen LogP contribution >= 0.6 is 34.0 Å². The standard InChI is InChI=1S/C70H107F2N3S3/c1-10-15-19-23-27-29-33-37-40-55(39-35-31-25-21-17-12-3)46-57-50-62(77-54(57)9)64-66(72)65(71)63(67-68(64)74-75(73-67)43-14-5)59-48-58(60(49-59)61-45-52(7)70(78-61)69-51(6)44-53(8)76-69)47-56(41-36-32-26-22-18-13-4)42-38-34-30-28-24-20-16-11-2/h44-45,48,50,55-56H,10-43,46-47,49H2,1-9H3. The fourth-order valence-corrected chi connectivity index (χ4v) is 16.2. The van der Waals surface area contributed by atoms with Crippen LogP contribution in [0.5, 0.6) is 0 Å². The van der Waals surface area contributed by atoms with E-state index in [1.165, 1.54) is 258 Å². The molecular weight excluding hydrogens is 1020 g/mol. The second-order valence-electron chi connectivity index (χ2n) is 24.2. The Morgan fingerprint density at radius 2 is 0.910 bits per heavy atom. The lowest BCUT2D eigenvalue weighted by Gasteiger charge is -2.18. The Labute approximate surface area is 487 Å². The van der Waals surface area contributed by atoms with Gasteiger partial charge >= 0.3 is 0 Å². The van der Waals surface area contributed by atoms with Gasteiger partial charge in [0, 0.05) is 34.8 Å². The molecule has 4 heterocycles. The topological polar surface area (TPSA) is 30.7 Å². The third-order valence-electron chi connectivity index (χ3n) is 17.2. The van der Waals surface area contributed by atoms with Crippen LogP contribution in [0.2, 0.25) is 0 Å². The third kappa shape index (κ3) is 19.3. The van der Waals surface area contributed by atoms with Crippen molar-refractivity contribution in [3.63, 3.8) is 0 Å². The molecule has 78 heavy (non-hydrogen) atoms. The smallest absolute Gasteiger partial charge is 0.170 e. The van der Waals surface area contributed by atoms with Gasteiger partial charge < -0.3 is 0 Å². The number of hydrogen-bond acceptors (Lipinski definition) is 5. The predicted octanol–water partition coefficient (Wildman–Crippen LogP) is 24.8. The van der Waals surface area contributed by atoms with E-state index in [0.29, 0.717) is 47.0 Å². The summed E-state index contributed by atoms with van der Waals surface area (Å²) in [6, 6.07) is 6.90. The first-order valence-corrected chi connectivity index (χ1v) is 34.9. The molecule has 434 valence electrons. The molecule has 0 saturated carbocycles. The maximum atomic E-state index is 17.8. The molecule has 0 aliphatic heterocycles. The van der Waals surface area contributed by atoms with E-state index in [9.17, 15) is 0 Å². The van der Waals surface area contributed by atoms with Crippen molar-refractivity contribution in [2.24, 2.45) is 11.8 Å². The number of allylic oxidation sites excluding steroid dienone is 4. The molecule has 0 fully saturated rings. The number of thiophene rings is 3. The number of fused-ring (bicyclic) bond motifs is 1. The molecule has 2 unspecified atom stereocenters. The minimum absolute atomic E-state index is 0.292. The van der Waals surface area contributed by atoms with E-state index >= 15 is 8.78 Å². The lowest BCUT2D eigenvalue weighted by molar-refractivity contribution is 0.400. The molecule has 0 amide bonds. The maximum absolute atomic E-state index is 17.8. The molecule has 1 aliphatic rings. The average Bonchev–Trinajstić information content (AvgIpc) is 4.30. The molecule has 1 aromatic carbocycles. The van der Waals surface area contributed by atoms with Crippen LogP contribution in [0, 0.1) is 51.2 Å². The summed E-state index contributed by atoms with van der Waals surface area (Å²) in [5.74, 6) is -0.396. The van der Waals surface area contributed by atoms with Crippen LogP contribution in [0.4, 0.5) is 8.78 Å². The molecule has 5 aromatic rings. The predicted molar refractivity (Wildman–Crippen MR) is 343 cm³/mol. The number of aromatic nitrogens is 3. The molecule has 0 bridgehead atoms. The maximum Gasteiger partial charge on any atom is 0.170 e. The van der Waals surface area contributed by atoms with Crippen molar-refractivity contribution in [2.45, 2.75) is 300 Å². The number of unbranched alkanes of at least 4 members (excludes halogenated alkanes) is 24. The average molecular weight is 1120 g/mol. The molecule has 1 aliphatic carbocycles. The van der Waals surface area contributed by atoms with Crippen molar-refractivity contribution in [1.29, 1.82) is 0 Å². The minimum Gasteiger partial charge on any atom is -0.203 e. The SMILES string of the molecule is CCCCCCCCCCC(CCCCCCCC)CC1=C(c2cc(C)c(-c3sc(C)cc3C)s2)CC(c2c(F)c(F)c(-c3cc(CC(CCCCCCCC)CCCCCCCCCC)c(C)s3)c3nn(CCC)nc23)=C1. The van der Waals surface area contributed by atoms with Gasteiger partial charge in [0.15, 0.2) is 11.6 Å². The molecule has 3 nitrogen and oxygen atoms in total. The summed E-state index contributed by atoms with van der Waals surface area (Å²) >= 11 is 5.39. The Balaban J connectivity index is 1.33. The van der Waals surface area contributed by atoms with Crippen molar-refractivity contribution in [2.75, 3.05) is 0 Å². The summed E-state index contributed by atoms with van der Waals surface area (Å²) in [5, 5.41) is 10.2. The van der Waals surface area contributed by atoms with E-state index in [-0.39, 0.29) is 0 Å². The number of rotatable bonds is 42. The lowest BCUT2D eigenvalue weighted by Crippen LogP contribution is -2.05. The second kappa shape index (κ2) is 35.1. The van der Waals surface area contributed by atoms with Crippen LogP contribution in [-0.2, 0) is 13.0 Å². The molecule has 8 heteroatoms. The summed E-state index contributed by atoms with van der Waals surface area (Å²) in [5.41, 5.74) is 8.97. The molecule has 0 radical (unpaired) electrons. The van der Waals surface area contributed by atoms with E-state index in [4.69, 9.17) is 10.2 Å². The van der Waals surface area contributed by atoms with E-state index in [1.54, 1.807) is 16.1 Å². The summed E-state index contributed by atoms with van der Waals surface area (Å²) in [6.45, 7) is 20.8. The summed E-state index contributed by atoms with van der Waals surface area (Å²) in [7, 11) is 0. The highest BCUT2D eigenvalue weighted by molar-refractivity contribution is 7.23. The van der Waals surface area contributed by atoms with E-state index in [1.807, 2.05) is 22.7 Å². The van der Waals surface area contributed by atoms with Gasteiger partial charge in [-0.25, -0.2) is 8.78 Å². The van der Waals surface area contributed by atoms with Gasteiger partial charge in [0.25, 0.3) is 0 Å². The molecule has 4 aromatic heterocycles. The van der Waals surface area contributed by atoms with Crippen molar-refractivity contribution in [3.05, 3.63) is 78.4 Å². The number of hydrogen-bond donors (Lipinski definition) is 0. The first-order chi connectivity index (χ1) is 38.0. The van der Waals surface area contributed by atoms with Gasteiger partial charge in [-0.15, -0.1) is 34.0 Å². The van der Waals surface area contributed by atoms with Crippen LogP contribution in [0.1, 0.15) is 296 Å². The van der Waals surface area contributed by atoms with Gasteiger partial charge in [0.2, 0.25) is 0 Å². The Kier molecular flexibility index (Phi) is 28.9. The zero-order valence-electron chi connectivity index (χ0n) is 50.9. The van der Waals surface area contributed by atoms with Crippen molar-refractivity contribution >= 4 is 56.2 Å². The second-order valence-corrected chi connectivity index (χ2v) is 27.8. The van der Waals surface area contributed by atoms with E-state index in [0.717, 1.165) is 29.7 Å². The molecule has 2 atom stereocenters. The van der Waals surface area contributed by atoms with Crippen molar-refractivity contribution in [1.82, 2.24) is 15.0 Å². The van der Waals surface area contributed by atoms with Gasteiger partial charge in [-0.05, 0) is 117 Å². The fraction of sp³-hybridized carbons (Fsp3) is 0.686. The quantitative estimate of drug-likeness (QED) is 0.0365. The number of nitrogens with zero attached hydrogens (tertiary/aromatic N) is 3. The number of halogens is 2. The molecule has 0 spiro atoms. The Bertz CT molecular complexity index is 2580. The summed E-state index contributed by atoms with van der Waals surface area (Å²) < 4.78 is 35.4. The highest BCUT2D eigenvalue weighted by Gasteiger charge is 2.32. The number of aryl methyl sites for hydroxylation is 5. The highest BCUT2D eigenvalue weighted by Crippen LogP contribution is 2.50. The van der Waals surface area contributed by atoms with Gasteiger partial charge in [0.05, 0.1) is 12.1 Å². The van der Waals surface area contributed by atoms with Gasteiger partial charge in [-0.1, -0.05) is 246 Å². The molecule has 0 saturated heterocycles. The van der Waals surface area contributed by atoms with Gasteiger partial charge in [0.1, 0.15) is 11.0 Å². The Morgan fingerprint density at radius 1 is 0.474 bits per heavy atom. The molecular formula is C70H107F2N3S3. The zero-order chi connectivity index (χ0) is 55.7. The van der Waals surface area contributed by atoms with Crippen LogP contribution in [-0.4, -0.2) is 15.0 Å². The van der Waals surface area contributed by atoms with Crippen LogP contribution in [0.15, 0.2) is 29.8 Å². The van der Waals surface area contributed by atoms with E-state index in [2.05, 4.69) is 86.6 Å². The largest absolute Gasteiger partial charge is 0.203 e. The Hall–Kier alpha value is -2.94. The van der Waals surface area contributed by atoms with Crippen molar-refractivity contribution in [3.8, 4) is 20.2 Å². The van der Waals surface area contributed by atoms with Gasteiger partial charge in [-0.3, -0.25) is 0 Å². The normalized spacial score (nSPS) is 13.8. The van der Waals surface area contributed by atoms with Crippen molar-refractivity contribution < 1.29 is 8.78 Å². The van der Waals surface area contributed by atoms with Gasteiger partial charge in [-0.2, -0.15) is 15.0 Å². The summed E-state index contributed by atoms with van der Waals surface area (Å²) in [4.78, 5) is 8.99. The van der Waals surface area contributed by atoms with E-state index < -0.39 is 11.6 Å². The third-order valence-corrected chi connectivity index (χ3v) is 20.9. The first kappa shape index (κ1) is 64.2. The van der Waals surface area contributed by atoms with Crippen LogP contribution < -0.4 is 0 Å².